The van der Waals surface area contributed by atoms with Gasteiger partial charge < -0.3 is 10.4 Å². The second-order valence-corrected chi connectivity index (χ2v) is 10.3. The van der Waals surface area contributed by atoms with Crippen LogP contribution in [0.25, 0.3) is 0 Å². The normalized spacial score (nSPS) is 10.6. The van der Waals surface area contributed by atoms with Crippen molar-refractivity contribution in [1.82, 2.24) is 19.6 Å². The zero-order valence-electron chi connectivity index (χ0n) is 22.8. The number of aromatic nitrogens is 4. The van der Waals surface area contributed by atoms with E-state index in [4.69, 9.17) is 28.3 Å². The molecule has 0 unspecified atom stereocenters. The van der Waals surface area contributed by atoms with E-state index in [1.54, 1.807) is 29.8 Å². The summed E-state index contributed by atoms with van der Waals surface area (Å²) >= 11 is 12.1. The molecule has 0 bridgehead atoms. The van der Waals surface area contributed by atoms with Crippen LogP contribution in [-0.2, 0) is 13.1 Å². The van der Waals surface area contributed by atoms with E-state index in [1.165, 1.54) is 11.6 Å². The first-order chi connectivity index (χ1) is 19.6. The fourth-order valence-corrected chi connectivity index (χ4v) is 4.49. The molecule has 2 heterocycles. The van der Waals surface area contributed by atoms with Gasteiger partial charge in [-0.1, -0.05) is 77.3 Å². The maximum absolute atomic E-state index is 12.3. The summed E-state index contributed by atoms with van der Waals surface area (Å²) in [4.78, 5) is 23.1. The smallest absolute Gasteiger partial charge is 0.356 e. The topological polar surface area (TPSA) is 102 Å². The van der Waals surface area contributed by atoms with Crippen LogP contribution < -0.4 is 5.32 Å². The standard InChI is InChI=1S/C19H19N3O.C12H10Cl2N2O2/c1-14-8-10-16(11-9-14)13-22-15(2)12-18(21-22)19(23)20-17-6-4-3-5-7-17;1-7-5-11(12(17)18)15-16(7)6-8-9(13)3-2-4-10(8)14/h3-12H,13H2,1-2H3,(H,20,23);2-5H,6H2,1H3,(H,17,18). The molecular formula is C31H29Cl2N5O3. The highest BCUT2D eigenvalue weighted by Gasteiger charge is 2.14. The molecule has 5 aromatic rings. The third-order valence-corrected chi connectivity index (χ3v) is 6.98. The molecule has 2 aromatic heterocycles. The van der Waals surface area contributed by atoms with Crippen LogP contribution in [0.3, 0.4) is 0 Å². The number of halogens is 2. The van der Waals surface area contributed by atoms with Gasteiger partial charge in [0.15, 0.2) is 11.4 Å². The molecule has 41 heavy (non-hydrogen) atoms. The summed E-state index contributed by atoms with van der Waals surface area (Å²) in [5, 5.41) is 21.2. The average molecular weight is 591 g/mol. The number of carboxylic acids is 1. The molecule has 0 radical (unpaired) electrons. The summed E-state index contributed by atoms with van der Waals surface area (Å²) in [6.07, 6.45) is 0. The number of nitrogens with zero attached hydrogens (tertiary/aromatic N) is 4. The second-order valence-electron chi connectivity index (χ2n) is 9.47. The van der Waals surface area contributed by atoms with Crippen LogP contribution in [0.4, 0.5) is 5.69 Å². The van der Waals surface area contributed by atoms with E-state index < -0.39 is 5.97 Å². The first-order valence-corrected chi connectivity index (χ1v) is 13.5. The van der Waals surface area contributed by atoms with Gasteiger partial charge in [0.25, 0.3) is 5.91 Å². The zero-order chi connectivity index (χ0) is 29.5. The number of rotatable bonds is 7. The van der Waals surface area contributed by atoms with Gasteiger partial charge in [-0.2, -0.15) is 10.2 Å². The third-order valence-electron chi connectivity index (χ3n) is 6.27. The number of carbonyl (C=O) groups excluding carboxylic acids is 1. The Balaban J connectivity index is 0.000000195. The average Bonchev–Trinajstić information content (AvgIpc) is 3.50. The third kappa shape index (κ3) is 7.84. The minimum absolute atomic E-state index is 0.00989. The van der Waals surface area contributed by atoms with Crippen molar-refractivity contribution < 1.29 is 14.7 Å². The predicted octanol–water partition coefficient (Wildman–Crippen LogP) is 7.05. The van der Waals surface area contributed by atoms with Gasteiger partial charge in [0.2, 0.25) is 0 Å². The molecule has 5 rings (SSSR count). The maximum Gasteiger partial charge on any atom is 0.356 e. The molecule has 1 amide bonds. The van der Waals surface area contributed by atoms with Crippen molar-refractivity contribution in [3.63, 3.8) is 0 Å². The molecule has 210 valence electrons. The van der Waals surface area contributed by atoms with Crippen molar-refractivity contribution in [3.05, 3.63) is 134 Å². The number of nitrogens with one attached hydrogen (secondary N) is 1. The Bertz CT molecular complexity index is 1640. The number of hydrogen-bond acceptors (Lipinski definition) is 4. The van der Waals surface area contributed by atoms with Crippen LogP contribution >= 0.6 is 23.2 Å². The Kier molecular flexibility index (Phi) is 9.60. The summed E-state index contributed by atoms with van der Waals surface area (Å²) in [6, 6.07) is 26.3. The van der Waals surface area contributed by atoms with E-state index in [0.717, 1.165) is 28.2 Å². The number of carbonyl (C=O) groups is 2. The van der Waals surface area contributed by atoms with Crippen LogP contribution in [0, 0.1) is 20.8 Å². The second kappa shape index (κ2) is 13.3. The Labute approximate surface area is 248 Å². The lowest BCUT2D eigenvalue weighted by Crippen LogP contribution is -2.13. The molecule has 2 N–H and O–H groups in total. The van der Waals surface area contributed by atoms with E-state index in [2.05, 4.69) is 46.7 Å². The molecule has 0 spiro atoms. The van der Waals surface area contributed by atoms with Crippen LogP contribution in [0.5, 0.6) is 0 Å². The largest absolute Gasteiger partial charge is 0.476 e. The Morgan fingerprint density at radius 3 is 1.90 bits per heavy atom. The Morgan fingerprint density at radius 1 is 0.756 bits per heavy atom. The molecule has 0 aliphatic carbocycles. The van der Waals surface area contributed by atoms with E-state index in [1.807, 2.05) is 48.0 Å². The molecule has 3 aromatic carbocycles. The maximum atomic E-state index is 12.3. The van der Waals surface area contributed by atoms with Crippen molar-refractivity contribution in [2.45, 2.75) is 33.9 Å². The van der Waals surface area contributed by atoms with Crippen molar-refractivity contribution in [1.29, 1.82) is 0 Å². The van der Waals surface area contributed by atoms with Gasteiger partial charge in [-0.05, 0) is 62.7 Å². The quantitative estimate of drug-likeness (QED) is 0.212. The number of anilines is 1. The number of hydrogen-bond donors (Lipinski definition) is 2. The number of carboxylic acid groups (broad SMARTS) is 1. The highest BCUT2D eigenvalue weighted by atomic mass is 35.5. The fourth-order valence-electron chi connectivity index (χ4n) is 3.97. The number of amides is 1. The van der Waals surface area contributed by atoms with Gasteiger partial charge in [-0.3, -0.25) is 14.2 Å². The summed E-state index contributed by atoms with van der Waals surface area (Å²) in [6.45, 7) is 6.81. The first kappa shape index (κ1) is 29.6. The summed E-state index contributed by atoms with van der Waals surface area (Å²) in [5.74, 6) is -1.25. The summed E-state index contributed by atoms with van der Waals surface area (Å²) in [7, 11) is 0. The van der Waals surface area contributed by atoms with Crippen molar-refractivity contribution in [2.75, 3.05) is 5.32 Å². The Hall–Kier alpha value is -4.40. The lowest BCUT2D eigenvalue weighted by molar-refractivity contribution is 0.0689. The SMILES string of the molecule is Cc1cc(C(=O)O)nn1Cc1c(Cl)cccc1Cl.Cc1ccc(Cn2nc(C(=O)Nc3ccccc3)cc2C)cc1. The van der Waals surface area contributed by atoms with Crippen LogP contribution in [0.2, 0.25) is 10.0 Å². The molecule has 10 heteroatoms. The van der Waals surface area contributed by atoms with E-state index in [0.29, 0.717) is 28.8 Å². The van der Waals surface area contributed by atoms with Gasteiger partial charge in [0, 0.05) is 32.7 Å². The van der Waals surface area contributed by atoms with Crippen molar-refractivity contribution in [2.24, 2.45) is 0 Å². The molecule has 0 saturated heterocycles. The highest BCUT2D eigenvalue weighted by molar-refractivity contribution is 6.36. The monoisotopic (exact) mass is 589 g/mol. The molecule has 0 atom stereocenters. The van der Waals surface area contributed by atoms with Crippen LogP contribution in [0.1, 0.15) is 49.1 Å². The highest BCUT2D eigenvalue weighted by Crippen LogP contribution is 2.25. The van der Waals surface area contributed by atoms with Gasteiger partial charge in [0.05, 0.1) is 13.1 Å². The first-order valence-electron chi connectivity index (χ1n) is 12.8. The molecule has 0 fully saturated rings. The van der Waals surface area contributed by atoms with Gasteiger partial charge in [-0.15, -0.1) is 0 Å². The summed E-state index contributed by atoms with van der Waals surface area (Å²) < 4.78 is 3.42. The van der Waals surface area contributed by atoms with Crippen LogP contribution in [0.15, 0.2) is 84.9 Å². The predicted molar refractivity (Wildman–Crippen MR) is 161 cm³/mol. The van der Waals surface area contributed by atoms with E-state index >= 15 is 0 Å². The number of benzene rings is 3. The van der Waals surface area contributed by atoms with Crippen LogP contribution in [-0.4, -0.2) is 36.5 Å². The molecule has 0 aliphatic rings. The zero-order valence-corrected chi connectivity index (χ0v) is 24.3. The lowest BCUT2D eigenvalue weighted by Gasteiger charge is -2.08. The molecular weight excluding hydrogens is 561 g/mol. The number of aryl methyl sites for hydroxylation is 3. The number of aromatic carboxylic acids is 1. The van der Waals surface area contributed by atoms with Crippen molar-refractivity contribution in [3.8, 4) is 0 Å². The molecule has 0 saturated carbocycles. The molecule has 0 aliphatic heterocycles. The van der Waals surface area contributed by atoms with E-state index in [-0.39, 0.29) is 11.6 Å². The van der Waals surface area contributed by atoms with E-state index in [9.17, 15) is 9.59 Å². The van der Waals surface area contributed by atoms with Gasteiger partial charge in [0.1, 0.15) is 0 Å². The minimum atomic E-state index is -1.05. The molecule has 8 nitrogen and oxygen atoms in total. The lowest BCUT2D eigenvalue weighted by atomic mass is 10.1. The van der Waals surface area contributed by atoms with Gasteiger partial charge in [-0.25, -0.2) is 4.79 Å². The van der Waals surface area contributed by atoms with Gasteiger partial charge >= 0.3 is 5.97 Å². The Morgan fingerprint density at radius 2 is 1.32 bits per heavy atom. The van der Waals surface area contributed by atoms with Crippen molar-refractivity contribution >= 4 is 40.8 Å². The summed E-state index contributed by atoms with van der Waals surface area (Å²) in [5.41, 5.74) is 6.03. The fraction of sp³-hybridized carbons (Fsp3) is 0.161. The number of para-hydroxylation sites is 1. The minimum Gasteiger partial charge on any atom is -0.476 e.